The molecule has 2 rings (SSSR count). The highest BCUT2D eigenvalue weighted by Crippen LogP contribution is 2.32. The summed E-state index contributed by atoms with van der Waals surface area (Å²) in [4.78, 5) is 25.1. The van der Waals surface area contributed by atoms with E-state index < -0.39 is 12.0 Å². The first-order chi connectivity index (χ1) is 8.58. The summed E-state index contributed by atoms with van der Waals surface area (Å²) in [6, 6.07) is 9.17. The molecule has 1 amide bonds. The third-order valence-electron chi connectivity index (χ3n) is 3.00. The van der Waals surface area contributed by atoms with Crippen LogP contribution in [0.1, 0.15) is 13.3 Å². The average Bonchev–Trinajstić information content (AvgIpc) is 2.74. The van der Waals surface area contributed by atoms with Crippen molar-refractivity contribution in [3.8, 4) is 0 Å². The van der Waals surface area contributed by atoms with Gasteiger partial charge in [-0.05, 0) is 18.6 Å². The molecule has 1 aromatic carbocycles. The van der Waals surface area contributed by atoms with Crippen LogP contribution < -0.4 is 0 Å². The Balaban J connectivity index is 2.05. The molecule has 1 heterocycles. The van der Waals surface area contributed by atoms with Crippen molar-refractivity contribution in [1.29, 1.82) is 0 Å². The standard InChI is InChI=1S/C13H15NO3S/c1-9(15)14-8-11(7-12(14)13(16)17)18-10-5-3-2-4-6-10/h2-6,11-12H,7-8H2,1H3,(H,16,17)/t11-,12-/m1/s1. The lowest BCUT2D eigenvalue weighted by Gasteiger charge is -2.18. The van der Waals surface area contributed by atoms with Gasteiger partial charge in [-0.2, -0.15) is 0 Å². The van der Waals surface area contributed by atoms with Crippen LogP contribution in [0, 0.1) is 0 Å². The molecule has 18 heavy (non-hydrogen) atoms. The number of hydrogen-bond acceptors (Lipinski definition) is 3. The number of nitrogens with zero attached hydrogens (tertiary/aromatic N) is 1. The van der Waals surface area contributed by atoms with Gasteiger partial charge in [0.05, 0.1) is 0 Å². The summed E-state index contributed by atoms with van der Waals surface area (Å²) < 4.78 is 0. The Morgan fingerprint density at radius 1 is 1.33 bits per heavy atom. The first kappa shape index (κ1) is 13.0. The lowest BCUT2D eigenvalue weighted by molar-refractivity contribution is -0.147. The number of amides is 1. The van der Waals surface area contributed by atoms with Crippen LogP contribution in [-0.2, 0) is 9.59 Å². The highest BCUT2D eigenvalue weighted by molar-refractivity contribution is 8.00. The molecule has 96 valence electrons. The number of likely N-dealkylation sites (tertiary alicyclic amines) is 1. The van der Waals surface area contributed by atoms with Gasteiger partial charge in [-0.1, -0.05) is 18.2 Å². The molecule has 0 aliphatic carbocycles. The number of rotatable bonds is 3. The average molecular weight is 265 g/mol. The zero-order valence-electron chi connectivity index (χ0n) is 10.1. The number of carbonyl (C=O) groups is 2. The lowest BCUT2D eigenvalue weighted by Crippen LogP contribution is -2.39. The topological polar surface area (TPSA) is 57.6 Å². The third kappa shape index (κ3) is 2.85. The molecule has 1 fully saturated rings. The van der Waals surface area contributed by atoms with Crippen LogP contribution in [0.4, 0.5) is 0 Å². The molecule has 0 aromatic heterocycles. The molecule has 0 saturated carbocycles. The van der Waals surface area contributed by atoms with Gasteiger partial charge in [-0.15, -0.1) is 11.8 Å². The predicted octanol–water partition coefficient (Wildman–Crippen LogP) is 1.85. The molecule has 0 unspecified atom stereocenters. The van der Waals surface area contributed by atoms with Crippen molar-refractivity contribution < 1.29 is 14.7 Å². The van der Waals surface area contributed by atoms with Gasteiger partial charge in [0.2, 0.25) is 5.91 Å². The molecule has 5 heteroatoms. The Hall–Kier alpha value is -1.49. The van der Waals surface area contributed by atoms with E-state index in [0.29, 0.717) is 13.0 Å². The van der Waals surface area contributed by atoms with Crippen LogP contribution in [0.3, 0.4) is 0 Å². The second-order valence-corrected chi connectivity index (χ2v) is 5.69. The normalized spacial score (nSPS) is 23.1. The maximum Gasteiger partial charge on any atom is 0.326 e. The van der Waals surface area contributed by atoms with Crippen LogP contribution in [0.2, 0.25) is 0 Å². The fourth-order valence-electron chi connectivity index (χ4n) is 2.16. The molecule has 1 N–H and O–H groups in total. The number of aliphatic carboxylic acids is 1. The molecule has 0 bridgehead atoms. The summed E-state index contributed by atoms with van der Waals surface area (Å²) in [5.41, 5.74) is 0. The van der Waals surface area contributed by atoms with Gasteiger partial charge in [-0.25, -0.2) is 4.79 Å². The monoisotopic (exact) mass is 265 g/mol. The Bertz CT molecular complexity index is 427. The van der Waals surface area contributed by atoms with Crippen molar-refractivity contribution in [3.63, 3.8) is 0 Å². The first-order valence-electron chi connectivity index (χ1n) is 5.79. The Labute approximate surface area is 110 Å². The molecule has 1 aliphatic rings. The maximum absolute atomic E-state index is 11.4. The van der Waals surface area contributed by atoms with E-state index in [2.05, 4.69) is 0 Å². The third-order valence-corrected chi connectivity index (χ3v) is 4.22. The Morgan fingerprint density at radius 3 is 2.50 bits per heavy atom. The maximum atomic E-state index is 11.4. The summed E-state index contributed by atoms with van der Waals surface area (Å²) in [6.45, 7) is 1.93. The fraction of sp³-hybridized carbons (Fsp3) is 0.385. The van der Waals surface area contributed by atoms with E-state index >= 15 is 0 Å². The molecule has 1 aromatic rings. The molecule has 1 aliphatic heterocycles. The Morgan fingerprint density at radius 2 is 2.00 bits per heavy atom. The summed E-state index contributed by atoms with van der Waals surface area (Å²) in [6.07, 6.45) is 0.508. The van der Waals surface area contributed by atoms with Gasteiger partial charge in [-0.3, -0.25) is 4.79 Å². The highest BCUT2D eigenvalue weighted by atomic mass is 32.2. The minimum Gasteiger partial charge on any atom is -0.480 e. The molecule has 1 saturated heterocycles. The Kier molecular flexibility index (Phi) is 3.91. The second-order valence-electron chi connectivity index (χ2n) is 4.31. The van der Waals surface area contributed by atoms with Crippen LogP contribution in [0.15, 0.2) is 35.2 Å². The van der Waals surface area contributed by atoms with Gasteiger partial charge in [0, 0.05) is 23.6 Å². The smallest absolute Gasteiger partial charge is 0.326 e. The summed E-state index contributed by atoms with van der Waals surface area (Å²) in [5.74, 6) is -1.08. The van der Waals surface area contributed by atoms with Gasteiger partial charge in [0.25, 0.3) is 0 Å². The second kappa shape index (κ2) is 5.44. The van der Waals surface area contributed by atoms with E-state index in [1.165, 1.54) is 11.8 Å². The van der Waals surface area contributed by atoms with E-state index in [4.69, 9.17) is 5.11 Å². The van der Waals surface area contributed by atoms with Crippen molar-refractivity contribution in [3.05, 3.63) is 30.3 Å². The van der Waals surface area contributed by atoms with Crippen LogP contribution >= 0.6 is 11.8 Å². The number of benzene rings is 1. The van der Waals surface area contributed by atoms with Crippen molar-refractivity contribution in [2.75, 3.05) is 6.54 Å². The van der Waals surface area contributed by atoms with Crippen LogP contribution in [0.25, 0.3) is 0 Å². The van der Waals surface area contributed by atoms with Crippen molar-refractivity contribution in [1.82, 2.24) is 4.90 Å². The van der Waals surface area contributed by atoms with Crippen LogP contribution in [-0.4, -0.2) is 39.7 Å². The number of hydrogen-bond donors (Lipinski definition) is 1. The van der Waals surface area contributed by atoms with E-state index in [9.17, 15) is 9.59 Å². The van der Waals surface area contributed by atoms with Gasteiger partial charge in [0.1, 0.15) is 6.04 Å². The minimum atomic E-state index is -0.915. The van der Waals surface area contributed by atoms with E-state index in [1.54, 1.807) is 11.8 Å². The van der Waals surface area contributed by atoms with Crippen LogP contribution in [0.5, 0.6) is 0 Å². The summed E-state index contributed by atoms with van der Waals surface area (Å²) >= 11 is 1.64. The molecule has 0 spiro atoms. The quantitative estimate of drug-likeness (QED) is 0.906. The SMILES string of the molecule is CC(=O)N1C[C@H](Sc2ccccc2)C[C@@H]1C(=O)O. The van der Waals surface area contributed by atoms with Crippen molar-refractivity contribution in [2.45, 2.75) is 29.5 Å². The highest BCUT2D eigenvalue weighted by Gasteiger charge is 2.38. The summed E-state index contributed by atoms with van der Waals surface area (Å²) in [5, 5.41) is 9.26. The summed E-state index contributed by atoms with van der Waals surface area (Å²) in [7, 11) is 0. The lowest BCUT2D eigenvalue weighted by atomic mass is 10.2. The zero-order chi connectivity index (χ0) is 13.1. The van der Waals surface area contributed by atoms with E-state index in [-0.39, 0.29) is 11.2 Å². The van der Waals surface area contributed by atoms with Gasteiger partial charge >= 0.3 is 5.97 Å². The zero-order valence-corrected chi connectivity index (χ0v) is 10.9. The fourth-order valence-corrected chi connectivity index (χ4v) is 3.37. The number of carbonyl (C=O) groups excluding carboxylic acids is 1. The van der Waals surface area contributed by atoms with E-state index in [0.717, 1.165) is 4.90 Å². The number of carboxylic acids is 1. The molecular weight excluding hydrogens is 250 g/mol. The molecule has 4 nitrogen and oxygen atoms in total. The first-order valence-corrected chi connectivity index (χ1v) is 6.67. The van der Waals surface area contributed by atoms with Gasteiger partial charge in [0.15, 0.2) is 0 Å². The van der Waals surface area contributed by atoms with E-state index in [1.807, 2.05) is 30.3 Å². The molecule has 0 radical (unpaired) electrons. The minimum absolute atomic E-state index is 0.150. The van der Waals surface area contributed by atoms with Gasteiger partial charge < -0.3 is 10.0 Å². The van der Waals surface area contributed by atoms with Crippen molar-refractivity contribution in [2.24, 2.45) is 0 Å². The largest absolute Gasteiger partial charge is 0.480 e. The molecular formula is C13H15NO3S. The number of thioether (sulfide) groups is 1. The predicted molar refractivity (Wildman–Crippen MR) is 69.5 cm³/mol. The van der Waals surface area contributed by atoms with Crippen molar-refractivity contribution >= 4 is 23.6 Å². The number of carboxylic acid groups (broad SMARTS) is 1. The molecule has 2 atom stereocenters.